The third-order valence-electron chi connectivity index (χ3n) is 4.21. The van der Waals surface area contributed by atoms with Gasteiger partial charge in [0.15, 0.2) is 0 Å². The van der Waals surface area contributed by atoms with Crippen LogP contribution in [0.5, 0.6) is 0 Å². The lowest BCUT2D eigenvalue weighted by molar-refractivity contribution is -0.118. The van der Waals surface area contributed by atoms with E-state index in [4.69, 9.17) is 11.6 Å². The van der Waals surface area contributed by atoms with E-state index >= 15 is 0 Å². The van der Waals surface area contributed by atoms with Gasteiger partial charge in [-0.1, -0.05) is 56.7 Å². The fraction of sp³-hybridized carbons (Fsp3) is 0.611. The van der Waals surface area contributed by atoms with Gasteiger partial charge in [0.2, 0.25) is 0 Å². The summed E-state index contributed by atoms with van der Waals surface area (Å²) in [5.41, 5.74) is 3.73. The maximum absolute atomic E-state index is 11.5. The first-order valence-electron chi connectivity index (χ1n) is 8.02. The van der Waals surface area contributed by atoms with Gasteiger partial charge in [-0.05, 0) is 42.0 Å². The standard InChI is InChI=1S/C18H25ClO/c1-2-3-4-5-6-7-8-14-11-15-9-10-16(20)13-17(15)18(19)12-14/h11-12H,2-10,13H2,1H3. The Bertz CT molecular complexity index is 465. The summed E-state index contributed by atoms with van der Waals surface area (Å²) in [6.45, 7) is 2.25. The van der Waals surface area contributed by atoms with Crippen molar-refractivity contribution in [1.29, 1.82) is 0 Å². The number of ketones is 1. The lowest BCUT2D eigenvalue weighted by atomic mass is 9.88. The number of carbonyl (C=O) groups excluding carboxylic acids is 1. The second kappa shape index (κ2) is 7.83. The highest BCUT2D eigenvalue weighted by Gasteiger charge is 2.18. The number of carbonyl (C=O) groups is 1. The van der Waals surface area contributed by atoms with Gasteiger partial charge in [0.25, 0.3) is 0 Å². The minimum atomic E-state index is 0.322. The van der Waals surface area contributed by atoms with E-state index in [1.54, 1.807) is 0 Å². The van der Waals surface area contributed by atoms with Crippen molar-refractivity contribution >= 4 is 17.4 Å². The first kappa shape index (κ1) is 15.6. The number of unbranched alkanes of at least 4 members (excludes halogenated alkanes) is 5. The van der Waals surface area contributed by atoms with Crippen molar-refractivity contribution in [2.45, 2.75) is 71.1 Å². The summed E-state index contributed by atoms with van der Waals surface area (Å²) in [5.74, 6) is 0.322. The second-order valence-electron chi connectivity index (χ2n) is 5.95. The number of hydrogen-bond donors (Lipinski definition) is 0. The molecule has 0 saturated heterocycles. The quantitative estimate of drug-likeness (QED) is 0.623. The first-order valence-corrected chi connectivity index (χ1v) is 8.40. The third kappa shape index (κ3) is 4.34. The predicted octanol–water partition coefficient (Wildman–Crippen LogP) is 5.30. The maximum atomic E-state index is 11.5. The van der Waals surface area contributed by atoms with Crippen molar-refractivity contribution in [3.05, 3.63) is 33.8 Å². The van der Waals surface area contributed by atoms with Gasteiger partial charge in [-0.25, -0.2) is 0 Å². The lowest BCUT2D eigenvalue weighted by Crippen LogP contribution is -2.14. The Morgan fingerprint density at radius 1 is 1.05 bits per heavy atom. The van der Waals surface area contributed by atoms with Gasteiger partial charge >= 0.3 is 0 Å². The lowest BCUT2D eigenvalue weighted by Gasteiger charge is -2.18. The molecule has 2 rings (SSSR count). The molecule has 2 heteroatoms. The summed E-state index contributed by atoms with van der Waals surface area (Å²) in [6.07, 6.45) is 11.1. The van der Waals surface area contributed by atoms with Crippen LogP contribution in [0.2, 0.25) is 5.02 Å². The Hall–Kier alpha value is -0.820. The molecule has 0 amide bonds. The molecule has 0 bridgehead atoms. The highest BCUT2D eigenvalue weighted by molar-refractivity contribution is 6.31. The molecule has 0 fully saturated rings. The zero-order valence-electron chi connectivity index (χ0n) is 12.5. The first-order chi connectivity index (χ1) is 9.70. The van der Waals surface area contributed by atoms with Crippen LogP contribution in [-0.4, -0.2) is 5.78 Å². The largest absolute Gasteiger partial charge is 0.299 e. The number of fused-ring (bicyclic) bond motifs is 1. The number of benzene rings is 1. The van der Waals surface area contributed by atoms with Crippen molar-refractivity contribution in [3.8, 4) is 0 Å². The van der Waals surface area contributed by atoms with Crippen molar-refractivity contribution in [2.24, 2.45) is 0 Å². The number of Topliss-reactive ketones (excluding diaryl/α,β-unsaturated/α-hetero) is 1. The molecule has 1 aliphatic rings. The van der Waals surface area contributed by atoms with Crippen LogP contribution in [0.1, 0.15) is 68.6 Å². The SMILES string of the molecule is CCCCCCCCc1cc(Cl)c2c(c1)CCC(=O)C2. The van der Waals surface area contributed by atoms with Gasteiger partial charge in [0.1, 0.15) is 5.78 Å². The van der Waals surface area contributed by atoms with Crippen molar-refractivity contribution < 1.29 is 4.79 Å². The Morgan fingerprint density at radius 2 is 1.80 bits per heavy atom. The van der Waals surface area contributed by atoms with Gasteiger partial charge in [-0.3, -0.25) is 4.79 Å². The molecule has 1 nitrogen and oxygen atoms in total. The van der Waals surface area contributed by atoms with Crippen LogP contribution < -0.4 is 0 Å². The smallest absolute Gasteiger partial charge is 0.137 e. The number of aryl methyl sites for hydroxylation is 2. The Balaban J connectivity index is 1.87. The monoisotopic (exact) mass is 292 g/mol. The van der Waals surface area contributed by atoms with Crippen molar-refractivity contribution in [3.63, 3.8) is 0 Å². The van der Waals surface area contributed by atoms with Crippen LogP contribution in [0, 0.1) is 0 Å². The summed E-state index contributed by atoms with van der Waals surface area (Å²) in [4.78, 5) is 11.5. The van der Waals surface area contributed by atoms with Crippen LogP contribution in [0.25, 0.3) is 0 Å². The van der Waals surface area contributed by atoms with Crippen LogP contribution in [-0.2, 0) is 24.1 Å². The molecule has 110 valence electrons. The van der Waals surface area contributed by atoms with Crippen molar-refractivity contribution in [2.75, 3.05) is 0 Å². The highest BCUT2D eigenvalue weighted by Crippen LogP contribution is 2.28. The minimum absolute atomic E-state index is 0.322. The van der Waals surface area contributed by atoms with Crippen LogP contribution in [0.3, 0.4) is 0 Å². The van der Waals surface area contributed by atoms with Gasteiger partial charge in [-0.15, -0.1) is 0 Å². The predicted molar refractivity (Wildman–Crippen MR) is 85.6 cm³/mol. The average molecular weight is 293 g/mol. The second-order valence-corrected chi connectivity index (χ2v) is 6.36. The van der Waals surface area contributed by atoms with Crippen LogP contribution in [0.15, 0.2) is 12.1 Å². The highest BCUT2D eigenvalue weighted by atomic mass is 35.5. The van der Waals surface area contributed by atoms with E-state index in [9.17, 15) is 4.79 Å². The van der Waals surface area contributed by atoms with E-state index in [-0.39, 0.29) is 0 Å². The molecule has 0 saturated carbocycles. The summed E-state index contributed by atoms with van der Waals surface area (Å²) >= 11 is 6.34. The van der Waals surface area contributed by atoms with Crippen LogP contribution in [0.4, 0.5) is 0 Å². The molecule has 0 aromatic heterocycles. The zero-order chi connectivity index (χ0) is 14.4. The molecule has 0 aliphatic heterocycles. The average Bonchev–Trinajstić information content (AvgIpc) is 2.43. The molecule has 1 aliphatic carbocycles. The fourth-order valence-corrected chi connectivity index (χ4v) is 3.32. The van der Waals surface area contributed by atoms with E-state index < -0.39 is 0 Å². The Kier molecular flexibility index (Phi) is 6.09. The van der Waals surface area contributed by atoms with E-state index in [1.807, 2.05) is 0 Å². The van der Waals surface area contributed by atoms with Crippen molar-refractivity contribution in [1.82, 2.24) is 0 Å². The molecule has 0 spiro atoms. The maximum Gasteiger partial charge on any atom is 0.137 e. The molecule has 20 heavy (non-hydrogen) atoms. The Morgan fingerprint density at radius 3 is 2.60 bits per heavy atom. The molecular formula is C18H25ClO. The molecule has 0 heterocycles. The van der Waals surface area contributed by atoms with Crippen LogP contribution >= 0.6 is 11.6 Å². The Labute approximate surface area is 127 Å². The molecular weight excluding hydrogens is 268 g/mol. The minimum Gasteiger partial charge on any atom is -0.299 e. The van der Waals surface area contributed by atoms with E-state index in [0.29, 0.717) is 18.6 Å². The summed E-state index contributed by atoms with van der Waals surface area (Å²) < 4.78 is 0. The molecule has 0 atom stereocenters. The molecule has 1 aromatic carbocycles. The van der Waals surface area contributed by atoms with E-state index in [0.717, 1.165) is 23.4 Å². The van der Waals surface area contributed by atoms with Gasteiger partial charge in [0, 0.05) is 17.9 Å². The molecule has 1 aromatic rings. The number of halogens is 1. The van der Waals surface area contributed by atoms with Gasteiger partial charge < -0.3 is 0 Å². The summed E-state index contributed by atoms with van der Waals surface area (Å²) in [6, 6.07) is 4.35. The summed E-state index contributed by atoms with van der Waals surface area (Å²) in [5, 5.41) is 0.802. The zero-order valence-corrected chi connectivity index (χ0v) is 13.3. The molecule has 0 N–H and O–H groups in total. The fourth-order valence-electron chi connectivity index (χ4n) is 2.99. The van der Waals surface area contributed by atoms with Gasteiger partial charge in [0.05, 0.1) is 0 Å². The van der Waals surface area contributed by atoms with Gasteiger partial charge in [-0.2, -0.15) is 0 Å². The molecule has 0 unspecified atom stereocenters. The molecule has 0 radical (unpaired) electrons. The topological polar surface area (TPSA) is 17.1 Å². The number of rotatable bonds is 7. The van der Waals surface area contributed by atoms with E-state index in [1.165, 1.54) is 49.7 Å². The number of hydrogen-bond acceptors (Lipinski definition) is 1. The third-order valence-corrected chi connectivity index (χ3v) is 4.55. The normalized spacial score (nSPS) is 14.4. The summed E-state index contributed by atoms with van der Waals surface area (Å²) in [7, 11) is 0. The van der Waals surface area contributed by atoms with E-state index in [2.05, 4.69) is 19.1 Å².